The quantitative estimate of drug-likeness (QED) is 0.631. The Balaban J connectivity index is 4.74. The second kappa shape index (κ2) is 8.03. The number of hydrogen-bond acceptors (Lipinski definition) is 4. The molecule has 1 unspecified atom stereocenters. The standard InChI is InChI=1S/C13H30N2O2/c1-7-11(8-2)15(4)13(3,10-14)9-12(16-5)17-6/h11-12H,7-10,14H2,1-6H3. The summed E-state index contributed by atoms with van der Waals surface area (Å²) in [5.41, 5.74) is 5.87. The second-order valence-electron chi connectivity index (χ2n) is 4.89. The van der Waals surface area contributed by atoms with Crippen LogP contribution in [0.3, 0.4) is 0 Å². The first-order valence-corrected chi connectivity index (χ1v) is 6.47. The lowest BCUT2D eigenvalue weighted by atomic mass is 9.92. The Kier molecular flexibility index (Phi) is 7.96. The van der Waals surface area contributed by atoms with Gasteiger partial charge in [-0.25, -0.2) is 0 Å². The van der Waals surface area contributed by atoms with Crippen molar-refractivity contribution in [2.45, 2.75) is 57.9 Å². The molecule has 0 saturated carbocycles. The van der Waals surface area contributed by atoms with Crippen LogP contribution in [0, 0.1) is 0 Å². The van der Waals surface area contributed by atoms with E-state index in [1.165, 1.54) is 0 Å². The van der Waals surface area contributed by atoms with Crippen LogP contribution < -0.4 is 5.73 Å². The Morgan fingerprint density at radius 3 is 1.94 bits per heavy atom. The van der Waals surface area contributed by atoms with E-state index in [-0.39, 0.29) is 11.8 Å². The second-order valence-corrected chi connectivity index (χ2v) is 4.89. The van der Waals surface area contributed by atoms with Gasteiger partial charge in [0.25, 0.3) is 0 Å². The van der Waals surface area contributed by atoms with Gasteiger partial charge in [-0.1, -0.05) is 13.8 Å². The molecule has 0 aromatic heterocycles. The van der Waals surface area contributed by atoms with Gasteiger partial charge in [-0.05, 0) is 26.8 Å². The van der Waals surface area contributed by atoms with Crippen molar-refractivity contribution >= 4 is 0 Å². The zero-order valence-corrected chi connectivity index (χ0v) is 12.3. The van der Waals surface area contributed by atoms with Crippen LogP contribution in [0.25, 0.3) is 0 Å². The topological polar surface area (TPSA) is 47.7 Å². The third kappa shape index (κ3) is 4.54. The summed E-state index contributed by atoms with van der Waals surface area (Å²) >= 11 is 0. The smallest absolute Gasteiger partial charge is 0.158 e. The molecule has 0 amide bonds. The van der Waals surface area contributed by atoms with Gasteiger partial charge in [-0.3, -0.25) is 4.90 Å². The molecule has 104 valence electrons. The molecule has 0 saturated heterocycles. The van der Waals surface area contributed by atoms with E-state index in [9.17, 15) is 0 Å². The van der Waals surface area contributed by atoms with Gasteiger partial charge >= 0.3 is 0 Å². The third-order valence-corrected chi connectivity index (χ3v) is 3.91. The van der Waals surface area contributed by atoms with Crippen LogP contribution in [-0.4, -0.2) is 50.6 Å². The van der Waals surface area contributed by atoms with Gasteiger partial charge < -0.3 is 15.2 Å². The molecule has 4 nitrogen and oxygen atoms in total. The highest BCUT2D eigenvalue weighted by Gasteiger charge is 2.34. The van der Waals surface area contributed by atoms with Crippen molar-refractivity contribution in [1.29, 1.82) is 0 Å². The molecule has 2 N–H and O–H groups in total. The van der Waals surface area contributed by atoms with Gasteiger partial charge in [0.2, 0.25) is 0 Å². The van der Waals surface area contributed by atoms with E-state index in [1.807, 2.05) is 0 Å². The first kappa shape index (κ1) is 16.8. The molecule has 0 radical (unpaired) electrons. The maximum Gasteiger partial charge on any atom is 0.158 e. The van der Waals surface area contributed by atoms with Crippen LogP contribution in [0.15, 0.2) is 0 Å². The molecule has 0 aromatic rings. The van der Waals surface area contributed by atoms with E-state index in [0.29, 0.717) is 12.6 Å². The van der Waals surface area contributed by atoms with Gasteiger partial charge in [0.05, 0.1) is 0 Å². The predicted octanol–water partition coefficient (Wildman–Crippen LogP) is 1.83. The normalized spacial score (nSPS) is 15.9. The summed E-state index contributed by atoms with van der Waals surface area (Å²) < 4.78 is 10.6. The third-order valence-electron chi connectivity index (χ3n) is 3.91. The molecule has 17 heavy (non-hydrogen) atoms. The highest BCUT2D eigenvalue weighted by atomic mass is 16.7. The van der Waals surface area contributed by atoms with Crippen LogP contribution in [0.2, 0.25) is 0 Å². The number of methoxy groups -OCH3 is 2. The average Bonchev–Trinajstić information content (AvgIpc) is 2.36. The summed E-state index contributed by atoms with van der Waals surface area (Å²) in [5.74, 6) is 0. The average molecular weight is 246 g/mol. The minimum Gasteiger partial charge on any atom is -0.356 e. The number of likely N-dealkylation sites (N-methyl/N-ethyl adjacent to an activating group) is 1. The summed E-state index contributed by atoms with van der Waals surface area (Å²) in [4.78, 5) is 2.37. The minimum absolute atomic E-state index is 0.0899. The van der Waals surface area contributed by atoms with Crippen molar-refractivity contribution in [2.24, 2.45) is 5.73 Å². The highest BCUT2D eigenvalue weighted by Crippen LogP contribution is 2.24. The highest BCUT2D eigenvalue weighted by molar-refractivity contribution is 4.89. The van der Waals surface area contributed by atoms with Crippen molar-refractivity contribution in [2.75, 3.05) is 27.8 Å². The fourth-order valence-corrected chi connectivity index (χ4v) is 2.27. The zero-order valence-electron chi connectivity index (χ0n) is 12.3. The Labute approximate surface area is 106 Å². The Morgan fingerprint density at radius 2 is 1.65 bits per heavy atom. The number of ether oxygens (including phenoxy) is 2. The lowest BCUT2D eigenvalue weighted by Gasteiger charge is -2.43. The molecule has 0 aliphatic carbocycles. The van der Waals surface area contributed by atoms with Crippen LogP contribution in [-0.2, 0) is 9.47 Å². The summed E-state index contributed by atoms with van der Waals surface area (Å²) in [6, 6.07) is 0.554. The largest absolute Gasteiger partial charge is 0.356 e. The van der Waals surface area contributed by atoms with Crippen LogP contribution >= 0.6 is 0 Å². The lowest BCUT2D eigenvalue weighted by Crippen LogP contribution is -2.55. The van der Waals surface area contributed by atoms with Gasteiger partial charge in [0.1, 0.15) is 0 Å². The number of rotatable bonds is 9. The Bertz CT molecular complexity index is 194. The fourth-order valence-electron chi connectivity index (χ4n) is 2.27. The molecule has 0 bridgehead atoms. The molecule has 0 aliphatic heterocycles. The van der Waals surface area contributed by atoms with Crippen molar-refractivity contribution in [3.8, 4) is 0 Å². The molecule has 0 heterocycles. The maximum atomic E-state index is 5.96. The van der Waals surface area contributed by atoms with E-state index in [1.54, 1.807) is 14.2 Å². The van der Waals surface area contributed by atoms with E-state index >= 15 is 0 Å². The molecule has 1 atom stereocenters. The first-order chi connectivity index (χ1) is 7.98. The predicted molar refractivity (Wildman–Crippen MR) is 72.0 cm³/mol. The Morgan fingerprint density at radius 1 is 1.18 bits per heavy atom. The van der Waals surface area contributed by atoms with Crippen molar-refractivity contribution in [3.05, 3.63) is 0 Å². The SMILES string of the molecule is CCC(CC)N(C)C(C)(CN)CC(OC)OC. The fraction of sp³-hybridized carbons (Fsp3) is 1.00. The van der Waals surface area contributed by atoms with Crippen LogP contribution in [0.1, 0.15) is 40.0 Å². The summed E-state index contributed by atoms with van der Waals surface area (Å²) in [6.45, 7) is 7.21. The van der Waals surface area contributed by atoms with Crippen molar-refractivity contribution < 1.29 is 9.47 Å². The molecule has 0 aliphatic rings. The van der Waals surface area contributed by atoms with Crippen molar-refractivity contribution in [3.63, 3.8) is 0 Å². The molecule has 0 rings (SSSR count). The minimum atomic E-state index is -0.194. The molecule has 0 spiro atoms. The van der Waals surface area contributed by atoms with E-state index in [4.69, 9.17) is 15.2 Å². The maximum absolute atomic E-state index is 5.96. The summed E-state index contributed by atoms with van der Waals surface area (Å²) in [6.07, 6.45) is 2.85. The monoisotopic (exact) mass is 246 g/mol. The van der Waals surface area contributed by atoms with Gasteiger partial charge in [-0.15, -0.1) is 0 Å². The molecule has 0 fully saturated rings. The van der Waals surface area contributed by atoms with Crippen LogP contribution in [0.5, 0.6) is 0 Å². The molecule has 4 heteroatoms. The molecular formula is C13H30N2O2. The van der Waals surface area contributed by atoms with Gasteiger partial charge in [-0.2, -0.15) is 0 Å². The van der Waals surface area contributed by atoms with Crippen molar-refractivity contribution in [1.82, 2.24) is 4.90 Å². The van der Waals surface area contributed by atoms with E-state index < -0.39 is 0 Å². The first-order valence-electron chi connectivity index (χ1n) is 6.47. The Hall–Kier alpha value is -0.160. The number of nitrogens with zero attached hydrogens (tertiary/aromatic N) is 1. The molecule has 0 aromatic carbocycles. The summed E-state index contributed by atoms with van der Waals surface area (Å²) in [5, 5.41) is 0. The van der Waals surface area contributed by atoms with E-state index in [0.717, 1.165) is 19.3 Å². The molecular weight excluding hydrogens is 216 g/mol. The summed E-state index contributed by atoms with van der Waals surface area (Å²) in [7, 11) is 5.48. The van der Waals surface area contributed by atoms with E-state index in [2.05, 4.69) is 32.7 Å². The lowest BCUT2D eigenvalue weighted by molar-refractivity contribution is -0.129. The number of nitrogens with two attached hydrogens (primary N) is 1. The number of hydrogen-bond donors (Lipinski definition) is 1. The zero-order chi connectivity index (χ0) is 13.5. The van der Waals surface area contributed by atoms with Gasteiger partial charge in [0.15, 0.2) is 6.29 Å². The van der Waals surface area contributed by atoms with Gasteiger partial charge in [0, 0.05) is 38.8 Å². The van der Waals surface area contributed by atoms with Crippen LogP contribution in [0.4, 0.5) is 0 Å².